The molecule has 0 aromatic heterocycles. The molecule has 0 spiro atoms. The lowest BCUT2D eigenvalue weighted by Crippen LogP contribution is -2.30. The maximum absolute atomic E-state index is 3.41. The minimum atomic E-state index is 0.763. The predicted molar refractivity (Wildman–Crippen MR) is 88.2 cm³/mol. The van der Waals surface area contributed by atoms with Gasteiger partial charge in [0.15, 0.2) is 0 Å². The van der Waals surface area contributed by atoms with Crippen LogP contribution in [-0.4, -0.2) is 13.6 Å². The molecule has 20 heavy (non-hydrogen) atoms. The Morgan fingerprint density at radius 1 is 1.20 bits per heavy atom. The molecular formula is C19H31N. The summed E-state index contributed by atoms with van der Waals surface area (Å²) in [5.41, 5.74) is 3.08. The van der Waals surface area contributed by atoms with Crippen molar-refractivity contribution < 1.29 is 0 Å². The largest absolute Gasteiger partial charge is 0.319 e. The molecule has 1 aromatic carbocycles. The first-order valence-corrected chi connectivity index (χ1v) is 8.51. The van der Waals surface area contributed by atoms with Gasteiger partial charge in [-0.3, -0.25) is 0 Å². The third-order valence-corrected chi connectivity index (χ3v) is 5.05. The van der Waals surface area contributed by atoms with Crippen molar-refractivity contribution in [2.75, 3.05) is 13.6 Å². The summed E-state index contributed by atoms with van der Waals surface area (Å²) in [6, 6.07) is 9.35. The average molecular weight is 273 g/mol. The highest BCUT2D eigenvalue weighted by molar-refractivity contribution is 5.27. The van der Waals surface area contributed by atoms with Crippen LogP contribution in [0.1, 0.15) is 63.0 Å². The number of benzene rings is 1. The van der Waals surface area contributed by atoms with Gasteiger partial charge >= 0.3 is 0 Å². The third-order valence-electron chi connectivity index (χ3n) is 5.05. The Bertz CT molecular complexity index is 399. The fourth-order valence-electron chi connectivity index (χ4n) is 3.95. The van der Waals surface area contributed by atoms with Crippen molar-refractivity contribution in [3.63, 3.8) is 0 Å². The highest BCUT2D eigenvalue weighted by Gasteiger charge is 2.30. The molecule has 3 unspecified atom stereocenters. The number of aryl methyl sites for hydroxylation is 1. The van der Waals surface area contributed by atoms with Crippen LogP contribution in [0.4, 0.5) is 0 Å². The Morgan fingerprint density at radius 3 is 2.75 bits per heavy atom. The lowest BCUT2D eigenvalue weighted by atomic mass is 9.70. The second-order valence-corrected chi connectivity index (χ2v) is 6.49. The Balaban J connectivity index is 2.16. The monoisotopic (exact) mass is 273 g/mol. The first-order chi connectivity index (χ1) is 9.78. The summed E-state index contributed by atoms with van der Waals surface area (Å²) >= 11 is 0. The Labute approximate surface area is 125 Å². The van der Waals surface area contributed by atoms with E-state index in [2.05, 4.69) is 50.5 Å². The van der Waals surface area contributed by atoms with E-state index in [9.17, 15) is 0 Å². The smallest absolute Gasteiger partial charge is 0.00177 e. The van der Waals surface area contributed by atoms with Gasteiger partial charge in [-0.2, -0.15) is 0 Å². The Morgan fingerprint density at radius 2 is 2.05 bits per heavy atom. The molecule has 1 aromatic rings. The first kappa shape index (κ1) is 15.6. The molecule has 0 amide bonds. The molecule has 0 heterocycles. The van der Waals surface area contributed by atoms with Crippen LogP contribution in [0.5, 0.6) is 0 Å². The van der Waals surface area contributed by atoms with E-state index in [1.165, 1.54) is 44.2 Å². The fraction of sp³-hybridized carbons (Fsp3) is 0.684. The van der Waals surface area contributed by atoms with Gasteiger partial charge in [-0.05, 0) is 61.7 Å². The van der Waals surface area contributed by atoms with Crippen LogP contribution in [-0.2, 0) is 6.42 Å². The molecule has 2 rings (SSSR count). The van der Waals surface area contributed by atoms with Gasteiger partial charge in [0.25, 0.3) is 0 Å². The zero-order valence-electron chi connectivity index (χ0n) is 13.5. The third kappa shape index (κ3) is 3.85. The Kier molecular flexibility index (Phi) is 6.09. The molecule has 1 saturated carbocycles. The van der Waals surface area contributed by atoms with Crippen molar-refractivity contribution in [3.8, 4) is 0 Å². The maximum Gasteiger partial charge on any atom is -0.00177 e. The summed E-state index contributed by atoms with van der Waals surface area (Å²) in [5, 5.41) is 3.41. The van der Waals surface area contributed by atoms with E-state index in [4.69, 9.17) is 0 Å². The van der Waals surface area contributed by atoms with E-state index in [0.717, 1.165) is 24.2 Å². The average Bonchev–Trinajstić information content (AvgIpc) is 2.49. The minimum absolute atomic E-state index is 0.763. The lowest BCUT2D eigenvalue weighted by molar-refractivity contribution is 0.223. The normalized spacial score (nSPS) is 26.6. The van der Waals surface area contributed by atoms with Crippen LogP contribution in [0, 0.1) is 11.8 Å². The molecule has 1 nitrogen and oxygen atoms in total. The fourth-order valence-corrected chi connectivity index (χ4v) is 3.95. The van der Waals surface area contributed by atoms with E-state index in [1.807, 2.05) is 0 Å². The first-order valence-electron chi connectivity index (χ1n) is 8.51. The molecule has 1 aliphatic carbocycles. The molecule has 1 heteroatoms. The van der Waals surface area contributed by atoms with E-state index < -0.39 is 0 Å². The van der Waals surface area contributed by atoms with Gasteiger partial charge in [0.05, 0.1) is 0 Å². The molecule has 3 atom stereocenters. The quantitative estimate of drug-likeness (QED) is 0.787. The van der Waals surface area contributed by atoms with Gasteiger partial charge in [-0.25, -0.2) is 0 Å². The van der Waals surface area contributed by atoms with Gasteiger partial charge in [-0.1, -0.05) is 57.4 Å². The summed E-state index contributed by atoms with van der Waals surface area (Å²) in [4.78, 5) is 0. The second kappa shape index (κ2) is 7.83. The van der Waals surface area contributed by atoms with Gasteiger partial charge in [-0.15, -0.1) is 0 Å². The number of hydrogen-bond acceptors (Lipinski definition) is 1. The van der Waals surface area contributed by atoms with Gasteiger partial charge in [0, 0.05) is 0 Å². The number of hydrogen-bond donors (Lipinski definition) is 1. The molecule has 112 valence electrons. The van der Waals surface area contributed by atoms with Gasteiger partial charge < -0.3 is 5.32 Å². The Hall–Kier alpha value is -0.820. The maximum atomic E-state index is 3.41. The molecule has 0 bridgehead atoms. The molecule has 0 aliphatic heterocycles. The van der Waals surface area contributed by atoms with Gasteiger partial charge in [0.2, 0.25) is 0 Å². The van der Waals surface area contributed by atoms with Crippen LogP contribution in [0.15, 0.2) is 24.3 Å². The van der Waals surface area contributed by atoms with E-state index >= 15 is 0 Å². The van der Waals surface area contributed by atoms with Crippen molar-refractivity contribution in [2.24, 2.45) is 11.8 Å². The summed E-state index contributed by atoms with van der Waals surface area (Å²) in [7, 11) is 2.09. The number of rotatable bonds is 6. The minimum Gasteiger partial charge on any atom is -0.319 e. The van der Waals surface area contributed by atoms with Crippen LogP contribution in [0.25, 0.3) is 0 Å². The van der Waals surface area contributed by atoms with E-state index in [1.54, 1.807) is 5.56 Å². The van der Waals surface area contributed by atoms with Crippen molar-refractivity contribution in [3.05, 3.63) is 35.4 Å². The molecular weight excluding hydrogens is 242 g/mol. The zero-order valence-corrected chi connectivity index (χ0v) is 13.5. The van der Waals surface area contributed by atoms with Crippen molar-refractivity contribution in [2.45, 2.75) is 58.3 Å². The summed E-state index contributed by atoms with van der Waals surface area (Å²) in [6.45, 7) is 5.75. The van der Waals surface area contributed by atoms with Crippen LogP contribution in [0.2, 0.25) is 0 Å². The van der Waals surface area contributed by atoms with Crippen molar-refractivity contribution in [1.29, 1.82) is 0 Å². The standard InChI is InChI=1S/C19H31N/c1-4-7-16-10-11-18(14-20-3)19(13-16)17-9-6-8-15(5-2)12-17/h6,8-9,12,16,18-20H,4-5,7,10-11,13-14H2,1-3H3. The molecule has 0 radical (unpaired) electrons. The van der Waals surface area contributed by atoms with E-state index in [0.29, 0.717) is 0 Å². The van der Waals surface area contributed by atoms with Crippen LogP contribution in [0.3, 0.4) is 0 Å². The zero-order chi connectivity index (χ0) is 14.4. The van der Waals surface area contributed by atoms with Gasteiger partial charge in [0.1, 0.15) is 0 Å². The summed E-state index contributed by atoms with van der Waals surface area (Å²) in [5.74, 6) is 2.53. The van der Waals surface area contributed by atoms with Crippen LogP contribution < -0.4 is 5.32 Å². The van der Waals surface area contributed by atoms with Crippen molar-refractivity contribution in [1.82, 2.24) is 5.32 Å². The van der Waals surface area contributed by atoms with Crippen LogP contribution >= 0.6 is 0 Å². The summed E-state index contributed by atoms with van der Waals surface area (Å²) < 4.78 is 0. The summed E-state index contributed by atoms with van der Waals surface area (Å²) in [6.07, 6.45) is 8.12. The number of nitrogens with one attached hydrogen (secondary N) is 1. The molecule has 1 aliphatic rings. The highest BCUT2D eigenvalue weighted by Crippen LogP contribution is 2.42. The SMILES string of the molecule is CCCC1CCC(CNC)C(c2cccc(CC)c2)C1. The molecule has 0 saturated heterocycles. The molecule has 1 fully saturated rings. The molecule has 1 N–H and O–H groups in total. The topological polar surface area (TPSA) is 12.0 Å². The van der Waals surface area contributed by atoms with Crippen molar-refractivity contribution >= 4 is 0 Å². The predicted octanol–water partition coefficient (Wildman–Crippen LogP) is 4.77. The second-order valence-electron chi connectivity index (χ2n) is 6.49. The lowest BCUT2D eigenvalue weighted by Gasteiger charge is -2.37. The van der Waals surface area contributed by atoms with E-state index in [-0.39, 0.29) is 0 Å². The highest BCUT2D eigenvalue weighted by atomic mass is 14.8.